The van der Waals surface area contributed by atoms with E-state index in [9.17, 15) is 0 Å². The Kier molecular flexibility index (Phi) is 10.3. The van der Waals surface area contributed by atoms with E-state index in [2.05, 4.69) is 0 Å². The molecule has 0 rings (SSSR count). The summed E-state index contributed by atoms with van der Waals surface area (Å²) in [6.45, 7) is 7.89. The van der Waals surface area contributed by atoms with Crippen LogP contribution in [0, 0.1) is 0 Å². The van der Waals surface area contributed by atoms with Gasteiger partial charge in [0, 0.05) is 18.1 Å². The topological polar surface area (TPSA) is 132 Å². The van der Waals surface area contributed by atoms with Crippen LogP contribution in [0.3, 0.4) is 0 Å². The van der Waals surface area contributed by atoms with Gasteiger partial charge < -0.3 is 37.1 Å². The van der Waals surface area contributed by atoms with E-state index >= 15 is 0 Å². The number of ether oxygens (including phenoxy) is 3. The molecule has 3 atom stereocenters. The zero-order chi connectivity index (χ0) is 15.6. The van der Waals surface area contributed by atoms with Crippen molar-refractivity contribution in [2.24, 2.45) is 22.9 Å². The average Bonchev–Trinajstić information content (AvgIpc) is 2.27. The van der Waals surface area contributed by atoms with Crippen LogP contribution in [0.25, 0.3) is 0 Å². The largest absolute Gasteiger partial charge is 0.378 e. The first-order valence-corrected chi connectivity index (χ1v) is 7.04. The molecule has 0 aliphatic heterocycles. The molecule has 0 heterocycles. The number of hydrogen-bond donors (Lipinski definition) is 4. The lowest BCUT2D eigenvalue weighted by Crippen LogP contribution is -2.54. The molecule has 0 saturated heterocycles. The molecule has 122 valence electrons. The SMILES string of the molecule is CC(N)COCC(N)(COCC(C)N)COCC(C)N. The van der Waals surface area contributed by atoms with Gasteiger partial charge in [0.25, 0.3) is 0 Å². The molecule has 20 heavy (non-hydrogen) atoms. The third kappa shape index (κ3) is 11.5. The number of nitrogens with two attached hydrogens (primary N) is 4. The van der Waals surface area contributed by atoms with Gasteiger partial charge in [-0.15, -0.1) is 0 Å². The average molecular weight is 292 g/mol. The highest BCUT2D eigenvalue weighted by Crippen LogP contribution is 2.05. The molecule has 0 spiro atoms. The number of rotatable bonds is 12. The van der Waals surface area contributed by atoms with Crippen molar-refractivity contribution in [3.8, 4) is 0 Å². The van der Waals surface area contributed by atoms with Crippen molar-refractivity contribution in [3.05, 3.63) is 0 Å². The van der Waals surface area contributed by atoms with Crippen molar-refractivity contribution in [3.63, 3.8) is 0 Å². The predicted molar refractivity (Wildman–Crippen MR) is 80.3 cm³/mol. The molecule has 0 saturated carbocycles. The Morgan fingerprint density at radius 1 is 0.700 bits per heavy atom. The summed E-state index contributed by atoms with van der Waals surface area (Å²) in [5.74, 6) is 0. The molecule has 0 radical (unpaired) electrons. The Bertz CT molecular complexity index is 202. The molecular formula is C13H32N4O3. The van der Waals surface area contributed by atoms with Gasteiger partial charge in [-0.05, 0) is 20.8 Å². The summed E-state index contributed by atoms with van der Waals surface area (Å²) >= 11 is 0. The molecule has 7 heteroatoms. The fourth-order valence-electron chi connectivity index (χ4n) is 1.47. The lowest BCUT2D eigenvalue weighted by Gasteiger charge is -2.29. The highest BCUT2D eigenvalue weighted by molar-refractivity contribution is 4.84. The first-order valence-electron chi connectivity index (χ1n) is 7.04. The first kappa shape index (κ1) is 19.7. The molecule has 0 amide bonds. The van der Waals surface area contributed by atoms with E-state index in [1.54, 1.807) is 0 Å². The van der Waals surface area contributed by atoms with Gasteiger partial charge in [0.2, 0.25) is 0 Å². The van der Waals surface area contributed by atoms with Gasteiger partial charge in [0.1, 0.15) is 0 Å². The first-order chi connectivity index (χ1) is 9.25. The standard InChI is InChI=1S/C13H32N4O3/c1-10(14)4-18-7-13(17,8-19-5-11(2)15)9-20-6-12(3)16/h10-12H,4-9,14-17H2,1-3H3. The summed E-state index contributed by atoms with van der Waals surface area (Å²) in [5, 5.41) is 0. The van der Waals surface area contributed by atoms with Crippen LogP contribution in [0.2, 0.25) is 0 Å². The molecule has 3 unspecified atom stereocenters. The summed E-state index contributed by atoms with van der Waals surface area (Å²) in [5.41, 5.74) is 22.5. The summed E-state index contributed by atoms with van der Waals surface area (Å²) < 4.78 is 16.5. The molecule has 8 N–H and O–H groups in total. The van der Waals surface area contributed by atoms with Gasteiger partial charge in [-0.3, -0.25) is 0 Å². The molecule has 0 aliphatic carbocycles. The van der Waals surface area contributed by atoms with Crippen molar-refractivity contribution in [1.29, 1.82) is 0 Å². The Balaban J connectivity index is 4.18. The van der Waals surface area contributed by atoms with Gasteiger partial charge in [0.05, 0.1) is 45.2 Å². The zero-order valence-corrected chi connectivity index (χ0v) is 13.0. The normalized spacial score (nSPS) is 19.4. The molecule has 0 aromatic carbocycles. The molecule has 0 bridgehead atoms. The molecule has 0 fully saturated rings. The quantitative estimate of drug-likeness (QED) is 0.354. The van der Waals surface area contributed by atoms with E-state index in [0.29, 0.717) is 39.6 Å². The second kappa shape index (κ2) is 10.4. The van der Waals surface area contributed by atoms with Crippen molar-refractivity contribution >= 4 is 0 Å². The minimum Gasteiger partial charge on any atom is -0.378 e. The van der Waals surface area contributed by atoms with E-state index in [1.165, 1.54) is 0 Å². The van der Waals surface area contributed by atoms with Gasteiger partial charge >= 0.3 is 0 Å². The van der Waals surface area contributed by atoms with Gasteiger partial charge in [-0.1, -0.05) is 0 Å². The Labute approximate surface area is 122 Å². The van der Waals surface area contributed by atoms with Crippen LogP contribution >= 0.6 is 0 Å². The van der Waals surface area contributed by atoms with Crippen LogP contribution < -0.4 is 22.9 Å². The monoisotopic (exact) mass is 292 g/mol. The van der Waals surface area contributed by atoms with E-state index in [4.69, 9.17) is 37.1 Å². The van der Waals surface area contributed by atoms with Crippen LogP contribution in [-0.2, 0) is 14.2 Å². The van der Waals surface area contributed by atoms with E-state index in [0.717, 1.165) is 0 Å². The second-order valence-electron chi connectivity index (χ2n) is 5.84. The summed E-state index contributed by atoms with van der Waals surface area (Å²) in [6.07, 6.45) is 0. The highest BCUT2D eigenvalue weighted by atomic mass is 16.5. The zero-order valence-electron chi connectivity index (χ0n) is 13.0. The predicted octanol–water partition coefficient (Wildman–Crippen LogP) is -1.22. The fourth-order valence-corrected chi connectivity index (χ4v) is 1.47. The second-order valence-corrected chi connectivity index (χ2v) is 5.84. The van der Waals surface area contributed by atoms with Crippen molar-refractivity contribution in [2.45, 2.75) is 44.4 Å². The van der Waals surface area contributed by atoms with E-state index < -0.39 is 5.54 Å². The molecule has 0 aromatic heterocycles. The highest BCUT2D eigenvalue weighted by Gasteiger charge is 2.27. The van der Waals surface area contributed by atoms with Gasteiger partial charge in [-0.25, -0.2) is 0 Å². The van der Waals surface area contributed by atoms with Crippen LogP contribution in [0.15, 0.2) is 0 Å². The number of hydrogen-bond acceptors (Lipinski definition) is 7. The Hall–Kier alpha value is -0.280. The summed E-state index contributed by atoms with van der Waals surface area (Å²) in [7, 11) is 0. The maximum Gasteiger partial charge on any atom is 0.0865 e. The van der Waals surface area contributed by atoms with E-state index in [-0.39, 0.29) is 18.1 Å². The maximum absolute atomic E-state index is 6.26. The van der Waals surface area contributed by atoms with Crippen molar-refractivity contribution in [1.82, 2.24) is 0 Å². The lowest BCUT2D eigenvalue weighted by atomic mass is 10.1. The summed E-state index contributed by atoms with van der Waals surface area (Å²) in [4.78, 5) is 0. The molecule has 0 aromatic rings. The fraction of sp³-hybridized carbons (Fsp3) is 1.00. The van der Waals surface area contributed by atoms with Crippen LogP contribution in [0.5, 0.6) is 0 Å². The van der Waals surface area contributed by atoms with Crippen LogP contribution in [0.4, 0.5) is 0 Å². The van der Waals surface area contributed by atoms with Crippen molar-refractivity contribution in [2.75, 3.05) is 39.6 Å². The maximum atomic E-state index is 6.26. The smallest absolute Gasteiger partial charge is 0.0865 e. The van der Waals surface area contributed by atoms with Gasteiger partial charge in [-0.2, -0.15) is 0 Å². The Morgan fingerprint density at radius 3 is 1.15 bits per heavy atom. The van der Waals surface area contributed by atoms with Gasteiger partial charge in [0.15, 0.2) is 0 Å². The summed E-state index contributed by atoms with van der Waals surface area (Å²) in [6, 6.07) is -0.0994. The Morgan fingerprint density at radius 2 is 0.950 bits per heavy atom. The van der Waals surface area contributed by atoms with Crippen LogP contribution in [0.1, 0.15) is 20.8 Å². The minimum absolute atomic E-state index is 0.0331. The molecular weight excluding hydrogens is 260 g/mol. The van der Waals surface area contributed by atoms with Crippen molar-refractivity contribution < 1.29 is 14.2 Å². The third-order valence-electron chi connectivity index (χ3n) is 2.31. The lowest BCUT2D eigenvalue weighted by molar-refractivity contribution is -0.0273. The minimum atomic E-state index is -0.724. The van der Waals surface area contributed by atoms with E-state index in [1.807, 2.05) is 20.8 Å². The third-order valence-corrected chi connectivity index (χ3v) is 2.31. The molecule has 0 aliphatic rings. The molecule has 7 nitrogen and oxygen atoms in total. The van der Waals surface area contributed by atoms with Crippen LogP contribution in [-0.4, -0.2) is 63.3 Å².